The van der Waals surface area contributed by atoms with Crippen LogP contribution in [0.1, 0.15) is 19.4 Å². The average Bonchev–Trinajstić information content (AvgIpc) is 2.80. The third-order valence-corrected chi connectivity index (χ3v) is 6.33. The van der Waals surface area contributed by atoms with E-state index in [0.717, 1.165) is 25.3 Å². The van der Waals surface area contributed by atoms with Gasteiger partial charge in [-0.3, -0.25) is 24.2 Å². The molecule has 1 heterocycles. The van der Waals surface area contributed by atoms with Crippen molar-refractivity contribution < 1.29 is 14.4 Å². The van der Waals surface area contributed by atoms with E-state index >= 15 is 0 Å². The van der Waals surface area contributed by atoms with Crippen molar-refractivity contribution in [2.45, 2.75) is 20.4 Å². The van der Waals surface area contributed by atoms with Crippen molar-refractivity contribution in [3.8, 4) is 0 Å². The normalized spacial score (nSPS) is 14.0. The van der Waals surface area contributed by atoms with E-state index in [4.69, 9.17) is 0 Å². The van der Waals surface area contributed by atoms with Crippen molar-refractivity contribution in [3.05, 3.63) is 54.1 Å². The first-order valence-electron chi connectivity index (χ1n) is 11.5. The molecular formula is C25H33N5O3S. The van der Waals surface area contributed by atoms with Gasteiger partial charge in [-0.15, -0.1) is 0 Å². The fraction of sp³-hybridized carbons (Fsp3) is 0.400. The van der Waals surface area contributed by atoms with Gasteiger partial charge in [0.15, 0.2) is 0 Å². The van der Waals surface area contributed by atoms with Crippen LogP contribution in [0.3, 0.4) is 0 Å². The molecule has 1 fully saturated rings. The number of nitrogens with one attached hydrogen (secondary N) is 3. The number of amides is 3. The van der Waals surface area contributed by atoms with Gasteiger partial charge in [0.25, 0.3) is 0 Å². The summed E-state index contributed by atoms with van der Waals surface area (Å²) in [7, 11) is 0. The Kier molecular flexibility index (Phi) is 9.93. The highest BCUT2D eigenvalue weighted by Gasteiger charge is 2.15. The third kappa shape index (κ3) is 8.81. The van der Waals surface area contributed by atoms with E-state index in [1.807, 2.05) is 36.9 Å². The van der Waals surface area contributed by atoms with E-state index in [1.165, 1.54) is 24.0 Å². The van der Waals surface area contributed by atoms with Crippen LogP contribution in [0, 0.1) is 0 Å². The lowest BCUT2D eigenvalue weighted by Crippen LogP contribution is -2.38. The molecule has 0 bridgehead atoms. The van der Waals surface area contributed by atoms with Crippen molar-refractivity contribution in [1.82, 2.24) is 9.80 Å². The number of carbonyl (C=O) groups is 3. The Morgan fingerprint density at radius 3 is 2.06 bits per heavy atom. The Morgan fingerprint density at radius 2 is 1.47 bits per heavy atom. The number of likely N-dealkylation sites (N-methyl/N-ethyl adjacent to an activating group) is 1. The van der Waals surface area contributed by atoms with Gasteiger partial charge in [-0.05, 0) is 48.5 Å². The zero-order valence-electron chi connectivity index (χ0n) is 19.8. The summed E-state index contributed by atoms with van der Waals surface area (Å²) in [6.07, 6.45) is 0. The Bertz CT molecular complexity index is 977. The van der Waals surface area contributed by atoms with Crippen LogP contribution in [0.5, 0.6) is 0 Å². The molecule has 0 aromatic heterocycles. The van der Waals surface area contributed by atoms with Gasteiger partial charge in [-0.2, -0.15) is 11.8 Å². The number of nitrogens with zero attached hydrogens (tertiary/aromatic N) is 2. The zero-order chi connectivity index (χ0) is 24.3. The highest BCUT2D eigenvalue weighted by Crippen LogP contribution is 2.16. The van der Waals surface area contributed by atoms with Crippen LogP contribution in [-0.2, 0) is 20.9 Å². The molecule has 3 amide bonds. The summed E-state index contributed by atoms with van der Waals surface area (Å²) in [5, 5.41) is 8.47. The lowest BCUT2D eigenvalue weighted by molar-refractivity contribution is -0.120. The minimum Gasteiger partial charge on any atom is -0.326 e. The molecule has 0 saturated carbocycles. The number of benzene rings is 2. The number of anilines is 3. The van der Waals surface area contributed by atoms with Crippen LogP contribution in [0.15, 0.2) is 48.5 Å². The van der Waals surface area contributed by atoms with Crippen molar-refractivity contribution in [3.63, 3.8) is 0 Å². The van der Waals surface area contributed by atoms with E-state index in [0.29, 0.717) is 17.9 Å². The summed E-state index contributed by atoms with van der Waals surface area (Å²) < 4.78 is 0. The maximum Gasteiger partial charge on any atom is 0.238 e. The van der Waals surface area contributed by atoms with E-state index in [9.17, 15) is 14.4 Å². The molecule has 182 valence electrons. The molecule has 0 aliphatic carbocycles. The maximum absolute atomic E-state index is 12.6. The second-order valence-corrected chi connectivity index (χ2v) is 9.47. The summed E-state index contributed by atoms with van der Waals surface area (Å²) in [4.78, 5) is 40.4. The second-order valence-electron chi connectivity index (χ2n) is 8.25. The molecule has 0 unspecified atom stereocenters. The van der Waals surface area contributed by atoms with E-state index in [-0.39, 0.29) is 30.8 Å². The molecule has 1 saturated heterocycles. The van der Waals surface area contributed by atoms with Crippen LogP contribution < -0.4 is 16.0 Å². The van der Waals surface area contributed by atoms with Crippen LogP contribution in [0.25, 0.3) is 0 Å². The Morgan fingerprint density at radius 1 is 0.882 bits per heavy atom. The molecular weight excluding hydrogens is 450 g/mol. The molecule has 9 heteroatoms. The molecule has 8 nitrogen and oxygen atoms in total. The van der Waals surface area contributed by atoms with Gasteiger partial charge in [-0.1, -0.05) is 19.1 Å². The topological polar surface area (TPSA) is 93.8 Å². The lowest BCUT2D eigenvalue weighted by Gasteiger charge is -2.26. The Hall–Kier alpha value is -2.88. The molecule has 34 heavy (non-hydrogen) atoms. The number of thioether (sulfide) groups is 1. The van der Waals surface area contributed by atoms with Gasteiger partial charge in [0.1, 0.15) is 0 Å². The van der Waals surface area contributed by atoms with Gasteiger partial charge < -0.3 is 16.0 Å². The first-order chi connectivity index (χ1) is 16.4. The summed E-state index contributed by atoms with van der Waals surface area (Å²) in [5.41, 5.74) is 3.25. The predicted octanol–water partition coefficient (Wildman–Crippen LogP) is 3.09. The van der Waals surface area contributed by atoms with Gasteiger partial charge in [0.2, 0.25) is 17.7 Å². The largest absolute Gasteiger partial charge is 0.326 e. The van der Waals surface area contributed by atoms with Gasteiger partial charge in [0.05, 0.1) is 13.1 Å². The minimum atomic E-state index is -0.205. The fourth-order valence-corrected chi connectivity index (χ4v) is 4.67. The molecule has 1 aliphatic heterocycles. The third-order valence-electron chi connectivity index (χ3n) is 5.39. The molecule has 0 atom stereocenters. The van der Waals surface area contributed by atoms with E-state index < -0.39 is 0 Å². The minimum absolute atomic E-state index is 0.102. The van der Waals surface area contributed by atoms with Crippen LogP contribution in [0.4, 0.5) is 17.1 Å². The standard InChI is InChI=1S/C25H33N5O3S/c1-3-29(17-24(32)27-22-9-7-21(8-10-22)26-19(2)31)18-25(33)28-23-6-4-5-20(15-23)16-30-11-13-34-14-12-30/h4-10,15H,3,11-14,16-18H2,1-2H3,(H,26,31)(H,27,32)(H,28,33). The summed E-state index contributed by atoms with van der Waals surface area (Å²) in [6.45, 7) is 7.22. The van der Waals surface area contributed by atoms with Gasteiger partial charge in [0, 0.05) is 55.1 Å². The van der Waals surface area contributed by atoms with Crippen molar-refractivity contribution >= 4 is 46.5 Å². The molecule has 3 rings (SSSR count). The van der Waals surface area contributed by atoms with Crippen LogP contribution in [-0.4, -0.2) is 71.8 Å². The molecule has 0 spiro atoms. The van der Waals surface area contributed by atoms with Crippen molar-refractivity contribution in [2.24, 2.45) is 0 Å². The first-order valence-corrected chi connectivity index (χ1v) is 12.7. The molecule has 2 aromatic carbocycles. The SMILES string of the molecule is CCN(CC(=O)Nc1ccc(NC(C)=O)cc1)CC(=O)Nc1cccc(CN2CCSCC2)c1. The number of rotatable bonds is 10. The maximum atomic E-state index is 12.6. The average molecular weight is 484 g/mol. The molecule has 0 radical (unpaired) electrons. The quantitative estimate of drug-likeness (QED) is 0.481. The summed E-state index contributed by atoms with van der Waals surface area (Å²) in [5.74, 6) is 1.82. The number of hydrogen-bond acceptors (Lipinski definition) is 6. The van der Waals surface area contributed by atoms with Crippen LogP contribution >= 0.6 is 11.8 Å². The van der Waals surface area contributed by atoms with Crippen molar-refractivity contribution in [2.75, 3.05) is 60.2 Å². The first kappa shape index (κ1) is 25.7. The molecule has 2 aromatic rings. The highest BCUT2D eigenvalue weighted by atomic mass is 32.2. The summed E-state index contributed by atoms with van der Waals surface area (Å²) >= 11 is 1.99. The predicted molar refractivity (Wildman–Crippen MR) is 139 cm³/mol. The number of carbonyl (C=O) groups excluding carboxylic acids is 3. The Balaban J connectivity index is 1.47. The number of hydrogen-bond donors (Lipinski definition) is 3. The van der Waals surface area contributed by atoms with Crippen LogP contribution in [0.2, 0.25) is 0 Å². The lowest BCUT2D eigenvalue weighted by atomic mass is 10.2. The molecule has 1 aliphatic rings. The molecule has 3 N–H and O–H groups in total. The van der Waals surface area contributed by atoms with E-state index in [2.05, 4.69) is 26.9 Å². The second kappa shape index (κ2) is 13.1. The van der Waals surface area contributed by atoms with Gasteiger partial charge in [-0.25, -0.2) is 0 Å². The van der Waals surface area contributed by atoms with E-state index in [1.54, 1.807) is 29.2 Å². The smallest absolute Gasteiger partial charge is 0.238 e. The monoisotopic (exact) mass is 483 g/mol. The fourth-order valence-electron chi connectivity index (χ4n) is 3.69. The van der Waals surface area contributed by atoms with Crippen molar-refractivity contribution in [1.29, 1.82) is 0 Å². The Labute approximate surface area is 205 Å². The highest BCUT2D eigenvalue weighted by molar-refractivity contribution is 7.99. The summed E-state index contributed by atoms with van der Waals surface area (Å²) in [6, 6.07) is 14.9. The zero-order valence-corrected chi connectivity index (χ0v) is 20.6. The van der Waals surface area contributed by atoms with Gasteiger partial charge >= 0.3 is 0 Å².